The van der Waals surface area contributed by atoms with Gasteiger partial charge < -0.3 is 25.0 Å². The maximum Gasteiger partial charge on any atom is 0.340 e. The molecule has 0 unspecified atom stereocenters. The first kappa shape index (κ1) is 19.0. The van der Waals surface area contributed by atoms with Crippen LogP contribution in [-0.4, -0.2) is 28.1 Å². The lowest BCUT2D eigenvalue weighted by atomic mass is 9.77. The third-order valence-corrected chi connectivity index (χ3v) is 5.46. The molecule has 0 aromatic heterocycles. The van der Waals surface area contributed by atoms with Crippen LogP contribution in [0.2, 0.25) is 0 Å². The van der Waals surface area contributed by atoms with Crippen LogP contribution in [0.15, 0.2) is 54.6 Å². The second kappa shape index (κ2) is 6.50. The van der Waals surface area contributed by atoms with Crippen molar-refractivity contribution in [2.75, 3.05) is 0 Å². The maximum atomic E-state index is 12.9. The number of fused-ring (bicyclic) bond motifs is 6. The molecule has 7 nitrogen and oxygen atoms in total. The van der Waals surface area contributed by atoms with Gasteiger partial charge in [-0.05, 0) is 56.3 Å². The molecular weight excluding hydrogens is 398 g/mol. The topological polar surface area (TPSA) is 105 Å². The first-order valence-electron chi connectivity index (χ1n) is 9.83. The highest BCUT2D eigenvalue weighted by molar-refractivity contribution is 6.00. The summed E-state index contributed by atoms with van der Waals surface area (Å²) in [5.41, 5.74) is 0.855. The molecule has 7 heteroatoms. The first-order chi connectivity index (χ1) is 14.8. The van der Waals surface area contributed by atoms with Gasteiger partial charge in [0.25, 0.3) is 5.91 Å². The van der Waals surface area contributed by atoms with E-state index in [1.807, 2.05) is 13.8 Å². The zero-order valence-electron chi connectivity index (χ0n) is 16.8. The number of aromatic hydroxyl groups is 2. The number of hydrogen-bond acceptors (Lipinski definition) is 6. The zero-order chi connectivity index (χ0) is 21.9. The molecular formula is C24H19NO6. The Bertz CT molecular complexity index is 1210. The quantitative estimate of drug-likeness (QED) is 0.548. The van der Waals surface area contributed by atoms with E-state index in [-0.39, 0.29) is 34.9 Å². The molecule has 2 aliphatic rings. The lowest BCUT2D eigenvalue weighted by Gasteiger charge is -2.36. The predicted molar refractivity (Wildman–Crippen MR) is 111 cm³/mol. The van der Waals surface area contributed by atoms with E-state index in [2.05, 4.69) is 5.32 Å². The molecule has 5 rings (SSSR count). The molecule has 156 valence electrons. The Morgan fingerprint density at radius 2 is 1.52 bits per heavy atom. The number of phenolic OH excluding ortho intramolecular Hbond substituents is 2. The van der Waals surface area contributed by atoms with Crippen molar-refractivity contribution in [3.05, 3.63) is 82.4 Å². The van der Waals surface area contributed by atoms with E-state index < -0.39 is 11.6 Å². The fraction of sp³-hybridized carbons (Fsp3) is 0.167. The molecule has 2 aliphatic heterocycles. The molecule has 0 fully saturated rings. The normalized spacial score (nSPS) is 15.0. The van der Waals surface area contributed by atoms with Gasteiger partial charge in [0.1, 0.15) is 23.0 Å². The van der Waals surface area contributed by atoms with Crippen LogP contribution in [-0.2, 0) is 10.3 Å². The lowest BCUT2D eigenvalue weighted by molar-refractivity contribution is 0.0224. The largest absolute Gasteiger partial charge is 0.508 e. The minimum Gasteiger partial charge on any atom is -0.508 e. The van der Waals surface area contributed by atoms with Gasteiger partial charge in [0.05, 0.1) is 5.56 Å². The summed E-state index contributed by atoms with van der Waals surface area (Å²) in [6, 6.07) is 13.8. The number of nitrogens with one attached hydrogen (secondary N) is 1. The number of carbonyl (C=O) groups excluding carboxylic acids is 2. The predicted octanol–water partition coefficient (Wildman–Crippen LogP) is 3.80. The highest BCUT2D eigenvalue weighted by Gasteiger charge is 2.53. The zero-order valence-corrected chi connectivity index (χ0v) is 16.8. The van der Waals surface area contributed by atoms with Gasteiger partial charge in [0.2, 0.25) is 0 Å². The van der Waals surface area contributed by atoms with Gasteiger partial charge in [0.15, 0.2) is 5.60 Å². The standard InChI is InChI=1S/C24H19NO6/c1-12(2)25-22(28)13-3-6-16-19(9-13)24(31-23(16)29)17-7-4-14(26)10-20(17)30-21-11-15(27)5-8-18(21)24/h3-12,26-27H,1-2H3,(H,25,28). The van der Waals surface area contributed by atoms with Crippen molar-refractivity contribution in [1.29, 1.82) is 0 Å². The number of benzene rings is 3. The average Bonchev–Trinajstić information content (AvgIpc) is 2.99. The monoisotopic (exact) mass is 417 g/mol. The molecule has 3 N–H and O–H groups in total. The van der Waals surface area contributed by atoms with Crippen molar-refractivity contribution in [3.8, 4) is 23.0 Å². The van der Waals surface area contributed by atoms with E-state index in [9.17, 15) is 19.8 Å². The molecule has 1 spiro atoms. The van der Waals surface area contributed by atoms with Crippen LogP contribution in [0.25, 0.3) is 0 Å². The minimum atomic E-state index is -1.38. The first-order valence-corrected chi connectivity index (χ1v) is 9.83. The summed E-state index contributed by atoms with van der Waals surface area (Å²) in [6.45, 7) is 3.73. The van der Waals surface area contributed by atoms with E-state index >= 15 is 0 Å². The molecule has 1 amide bonds. The third-order valence-electron chi connectivity index (χ3n) is 5.46. The van der Waals surface area contributed by atoms with Gasteiger partial charge in [-0.3, -0.25) is 4.79 Å². The molecule has 3 aromatic carbocycles. The third kappa shape index (κ3) is 2.73. The molecule has 0 radical (unpaired) electrons. The Hall–Kier alpha value is -4.00. The SMILES string of the molecule is CC(C)NC(=O)c1ccc2c(c1)C1(OC2=O)c2ccc(O)cc2Oc2cc(O)ccc21. The fourth-order valence-electron chi connectivity index (χ4n) is 4.19. The molecule has 0 aliphatic carbocycles. The van der Waals surface area contributed by atoms with Crippen LogP contribution in [0.5, 0.6) is 23.0 Å². The van der Waals surface area contributed by atoms with Gasteiger partial charge in [0, 0.05) is 40.4 Å². The summed E-state index contributed by atoms with van der Waals surface area (Å²) in [7, 11) is 0. The Morgan fingerprint density at radius 3 is 2.10 bits per heavy atom. The Labute approximate surface area is 177 Å². The highest BCUT2D eigenvalue weighted by Crippen LogP contribution is 2.57. The van der Waals surface area contributed by atoms with Crippen LogP contribution in [0.3, 0.4) is 0 Å². The summed E-state index contributed by atoms with van der Waals surface area (Å²) < 4.78 is 11.9. The van der Waals surface area contributed by atoms with Gasteiger partial charge in [-0.15, -0.1) is 0 Å². The molecule has 0 saturated carbocycles. The van der Waals surface area contributed by atoms with Crippen molar-refractivity contribution >= 4 is 11.9 Å². The lowest BCUT2D eigenvalue weighted by Crippen LogP contribution is -2.33. The van der Waals surface area contributed by atoms with E-state index in [4.69, 9.17) is 9.47 Å². The van der Waals surface area contributed by atoms with Gasteiger partial charge in [-0.1, -0.05) is 0 Å². The second-order valence-corrected chi connectivity index (χ2v) is 7.92. The van der Waals surface area contributed by atoms with Crippen molar-refractivity contribution in [2.45, 2.75) is 25.5 Å². The van der Waals surface area contributed by atoms with E-state index in [0.29, 0.717) is 27.8 Å². The van der Waals surface area contributed by atoms with Gasteiger partial charge in [-0.25, -0.2) is 4.79 Å². The van der Waals surface area contributed by atoms with Gasteiger partial charge >= 0.3 is 5.97 Å². The number of rotatable bonds is 2. The summed E-state index contributed by atoms with van der Waals surface area (Å²) in [5.74, 6) is -0.271. The number of phenols is 2. The smallest absolute Gasteiger partial charge is 0.340 e. The van der Waals surface area contributed by atoms with Crippen molar-refractivity contribution in [3.63, 3.8) is 0 Å². The Morgan fingerprint density at radius 1 is 0.903 bits per heavy atom. The Balaban J connectivity index is 1.80. The van der Waals surface area contributed by atoms with Crippen LogP contribution >= 0.6 is 0 Å². The van der Waals surface area contributed by atoms with E-state index in [1.165, 1.54) is 24.3 Å². The summed E-state index contributed by atoms with van der Waals surface area (Å²) in [6.07, 6.45) is 0. The second-order valence-electron chi connectivity index (χ2n) is 7.92. The number of amides is 1. The highest BCUT2D eigenvalue weighted by atomic mass is 16.6. The van der Waals surface area contributed by atoms with Crippen LogP contribution in [0, 0.1) is 0 Å². The fourth-order valence-corrected chi connectivity index (χ4v) is 4.19. The number of carbonyl (C=O) groups is 2. The summed E-state index contributed by atoms with van der Waals surface area (Å²) in [4.78, 5) is 25.5. The van der Waals surface area contributed by atoms with Crippen molar-refractivity contribution < 1.29 is 29.3 Å². The van der Waals surface area contributed by atoms with Crippen LogP contribution < -0.4 is 10.1 Å². The van der Waals surface area contributed by atoms with Crippen molar-refractivity contribution in [2.24, 2.45) is 0 Å². The summed E-state index contributed by atoms with van der Waals surface area (Å²) in [5, 5.41) is 22.8. The van der Waals surface area contributed by atoms with Crippen LogP contribution in [0.4, 0.5) is 0 Å². The maximum absolute atomic E-state index is 12.9. The molecule has 0 bridgehead atoms. The molecule has 31 heavy (non-hydrogen) atoms. The Kier molecular flexibility index (Phi) is 3.98. The van der Waals surface area contributed by atoms with E-state index in [0.717, 1.165) is 0 Å². The molecule has 0 saturated heterocycles. The minimum absolute atomic E-state index is 0.0212. The molecule has 3 aromatic rings. The average molecular weight is 417 g/mol. The van der Waals surface area contributed by atoms with Crippen molar-refractivity contribution in [1.82, 2.24) is 5.32 Å². The molecule has 2 heterocycles. The number of hydrogen-bond donors (Lipinski definition) is 3. The van der Waals surface area contributed by atoms with Crippen LogP contribution in [0.1, 0.15) is 51.3 Å². The number of ether oxygens (including phenoxy) is 2. The van der Waals surface area contributed by atoms with Gasteiger partial charge in [-0.2, -0.15) is 0 Å². The number of esters is 1. The summed E-state index contributed by atoms with van der Waals surface area (Å²) >= 11 is 0. The van der Waals surface area contributed by atoms with E-state index in [1.54, 1.807) is 30.3 Å². The molecule has 0 atom stereocenters.